The summed E-state index contributed by atoms with van der Waals surface area (Å²) < 4.78 is 0. The van der Waals surface area contributed by atoms with Gasteiger partial charge in [-0.2, -0.15) is 0 Å². The Hall–Kier alpha value is -0.790. The number of carbonyl (C=O) groups excluding carboxylic acids is 1. The van der Waals surface area contributed by atoms with Crippen molar-refractivity contribution in [3.63, 3.8) is 0 Å². The monoisotopic (exact) mass is 153 g/mol. The van der Waals surface area contributed by atoms with E-state index in [9.17, 15) is 4.79 Å². The summed E-state index contributed by atoms with van der Waals surface area (Å²) in [6.07, 6.45) is 3.71. The summed E-state index contributed by atoms with van der Waals surface area (Å²) in [4.78, 5) is 13.2. The zero-order valence-electron chi connectivity index (χ0n) is 7.42. The predicted octanol–water partition coefficient (Wildman–Crippen LogP) is 1.43. The van der Waals surface area contributed by atoms with Crippen LogP contribution in [0.1, 0.15) is 19.8 Å². The Balaban J connectivity index is 2.76. The average molecular weight is 153 g/mol. The fraction of sp³-hybridized carbons (Fsp3) is 0.667. The van der Waals surface area contributed by atoms with E-state index in [0.717, 1.165) is 18.4 Å². The summed E-state index contributed by atoms with van der Waals surface area (Å²) in [5, 5.41) is 0. The van der Waals surface area contributed by atoms with Gasteiger partial charge < -0.3 is 4.90 Å². The Morgan fingerprint density at radius 3 is 2.55 bits per heavy atom. The van der Waals surface area contributed by atoms with Gasteiger partial charge in [0.05, 0.1) is 0 Å². The summed E-state index contributed by atoms with van der Waals surface area (Å²) in [7, 11) is 3.90. The summed E-state index contributed by atoms with van der Waals surface area (Å²) in [5.41, 5.74) is 0.995. The zero-order chi connectivity index (χ0) is 8.43. The Labute approximate surface area is 67.9 Å². The van der Waals surface area contributed by atoms with Crippen LogP contribution in [0, 0.1) is 5.92 Å². The summed E-state index contributed by atoms with van der Waals surface area (Å²) in [6.45, 7) is 2.11. The smallest absolute Gasteiger partial charge is 0.160 e. The van der Waals surface area contributed by atoms with Gasteiger partial charge in [-0.1, -0.05) is 6.92 Å². The molecular weight excluding hydrogens is 138 g/mol. The summed E-state index contributed by atoms with van der Waals surface area (Å²) >= 11 is 0. The van der Waals surface area contributed by atoms with Crippen molar-refractivity contribution in [2.45, 2.75) is 19.8 Å². The SMILES string of the molecule is CC1CCC(=O)/C1=C/N(C)C. The first-order valence-corrected chi connectivity index (χ1v) is 4.02. The molecular formula is C9H15NO. The molecule has 1 unspecified atom stereocenters. The number of allylic oxidation sites excluding steroid dienone is 1. The lowest BCUT2D eigenvalue weighted by Crippen LogP contribution is -2.07. The van der Waals surface area contributed by atoms with E-state index in [1.54, 1.807) is 0 Å². The van der Waals surface area contributed by atoms with Gasteiger partial charge in [-0.25, -0.2) is 0 Å². The maximum absolute atomic E-state index is 11.2. The highest BCUT2D eigenvalue weighted by molar-refractivity contribution is 5.97. The lowest BCUT2D eigenvalue weighted by atomic mass is 10.1. The van der Waals surface area contributed by atoms with Gasteiger partial charge in [0.15, 0.2) is 5.78 Å². The number of carbonyl (C=O) groups is 1. The molecule has 0 heterocycles. The van der Waals surface area contributed by atoms with Crippen molar-refractivity contribution in [1.82, 2.24) is 4.90 Å². The normalized spacial score (nSPS) is 28.1. The molecule has 1 saturated carbocycles. The predicted molar refractivity (Wildman–Crippen MR) is 45.2 cm³/mol. The topological polar surface area (TPSA) is 20.3 Å². The van der Waals surface area contributed by atoms with E-state index < -0.39 is 0 Å². The first-order valence-electron chi connectivity index (χ1n) is 4.02. The molecule has 0 radical (unpaired) electrons. The quantitative estimate of drug-likeness (QED) is 0.531. The van der Waals surface area contributed by atoms with Gasteiger partial charge in [-0.05, 0) is 12.3 Å². The van der Waals surface area contributed by atoms with Crippen LogP contribution in [-0.2, 0) is 4.79 Å². The molecule has 0 aromatic rings. The molecule has 1 aliphatic carbocycles. The highest BCUT2D eigenvalue weighted by atomic mass is 16.1. The van der Waals surface area contributed by atoms with Crippen LogP contribution in [0.25, 0.3) is 0 Å². The Kier molecular flexibility index (Phi) is 2.32. The Morgan fingerprint density at radius 1 is 1.55 bits per heavy atom. The number of rotatable bonds is 1. The second kappa shape index (κ2) is 3.07. The van der Waals surface area contributed by atoms with Crippen LogP contribution in [0.5, 0.6) is 0 Å². The van der Waals surface area contributed by atoms with E-state index in [4.69, 9.17) is 0 Å². The molecule has 0 N–H and O–H groups in total. The number of hydrogen-bond donors (Lipinski definition) is 0. The van der Waals surface area contributed by atoms with Crippen LogP contribution in [-0.4, -0.2) is 24.8 Å². The van der Waals surface area contributed by atoms with Gasteiger partial charge in [0.1, 0.15) is 0 Å². The minimum absolute atomic E-state index is 0.325. The highest BCUT2D eigenvalue weighted by Gasteiger charge is 2.24. The zero-order valence-corrected chi connectivity index (χ0v) is 7.42. The average Bonchev–Trinajstić information content (AvgIpc) is 2.18. The molecule has 1 aliphatic rings. The Morgan fingerprint density at radius 2 is 2.18 bits per heavy atom. The van der Waals surface area contributed by atoms with E-state index in [1.807, 2.05) is 25.2 Å². The lowest BCUT2D eigenvalue weighted by molar-refractivity contribution is -0.114. The third kappa shape index (κ3) is 1.82. The molecule has 0 bridgehead atoms. The van der Waals surface area contributed by atoms with Gasteiger partial charge >= 0.3 is 0 Å². The molecule has 2 nitrogen and oxygen atoms in total. The van der Waals surface area contributed by atoms with E-state index in [-0.39, 0.29) is 0 Å². The summed E-state index contributed by atoms with van der Waals surface area (Å²) in [6, 6.07) is 0. The van der Waals surface area contributed by atoms with Gasteiger partial charge in [-0.15, -0.1) is 0 Å². The molecule has 62 valence electrons. The van der Waals surface area contributed by atoms with Crippen molar-refractivity contribution in [2.24, 2.45) is 5.92 Å². The van der Waals surface area contributed by atoms with Gasteiger partial charge in [0, 0.05) is 32.3 Å². The molecule has 11 heavy (non-hydrogen) atoms. The van der Waals surface area contributed by atoms with Gasteiger partial charge in [0.2, 0.25) is 0 Å². The van der Waals surface area contributed by atoms with Crippen LogP contribution in [0.2, 0.25) is 0 Å². The van der Waals surface area contributed by atoms with Crippen molar-refractivity contribution < 1.29 is 4.79 Å². The van der Waals surface area contributed by atoms with Crippen LogP contribution < -0.4 is 0 Å². The molecule has 1 fully saturated rings. The van der Waals surface area contributed by atoms with E-state index in [2.05, 4.69) is 6.92 Å². The minimum atomic E-state index is 0.325. The molecule has 0 aromatic heterocycles. The van der Waals surface area contributed by atoms with Gasteiger partial charge in [0.25, 0.3) is 0 Å². The summed E-state index contributed by atoms with van der Waals surface area (Å²) in [5.74, 6) is 0.788. The number of hydrogen-bond acceptors (Lipinski definition) is 2. The van der Waals surface area contributed by atoms with Crippen LogP contribution >= 0.6 is 0 Å². The van der Waals surface area contributed by atoms with E-state index >= 15 is 0 Å². The first-order chi connectivity index (χ1) is 5.11. The second-order valence-electron chi connectivity index (χ2n) is 3.41. The highest BCUT2D eigenvalue weighted by Crippen LogP contribution is 2.27. The van der Waals surface area contributed by atoms with Crippen molar-refractivity contribution in [3.05, 3.63) is 11.8 Å². The fourth-order valence-corrected chi connectivity index (χ4v) is 1.40. The van der Waals surface area contributed by atoms with Crippen molar-refractivity contribution >= 4 is 5.78 Å². The standard InChI is InChI=1S/C9H15NO/c1-7-4-5-9(11)8(7)6-10(2)3/h6-7H,4-5H2,1-3H3/b8-6+. The molecule has 1 rings (SSSR count). The van der Waals surface area contributed by atoms with Crippen LogP contribution in [0.4, 0.5) is 0 Å². The molecule has 0 aromatic carbocycles. The van der Waals surface area contributed by atoms with E-state index in [0.29, 0.717) is 11.7 Å². The number of nitrogens with zero attached hydrogens (tertiary/aromatic N) is 1. The van der Waals surface area contributed by atoms with Crippen molar-refractivity contribution in [2.75, 3.05) is 14.1 Å². The third-order valence-electron chi connectivity index (χ3n) is 2.05. The third-order valence-corrected chi connectivity index (χ3v) is 2.05. The maximum Gasteiger partial charge on any atom is 0.160 e. The molecule has 0 amide bonds. The van der Waals surface area contributed by atoms with E-state index in [1.165, 1.54) is 0 Å². The molecule has 0 saturated heterocycles. The van der Waals surface area contributed by atoms with Crippen LogP contribution in [0.3, 0.4) is 0 Å². The molecule has 1 atom stereocenters. The largest absolute Gasteiger partial charge is 0.383 e. The molecule has 0 spiro atoms. The lowest BCUT2D eigenvalue weighted by Gasteiger charge is -2.08. The minimum Gasteiger partial charge on any atom is -0.383 e. The first kappa shape index (κ1) is 8.31. The maximum atomic E-state index is 11.2. The molecule has 0 aliphatic heterocycles. The number of Topliss-reactive ketones (excluding diaryl/α,β-unsaturated/α-hetero) is 1. The number of ketones is 1. The van der Waals surface area contributed by atoms with Crippen molar-refractivity contribution in [1.29, 1.82) is 0 Å². The second-order valence-corrected chi connectivity index (χ2v) is 3.41. The van der Waals surface area contributed by atoms with Crippen molar-refractivity contribution in [3.8, 4) is 0 Å². The van der Waals surface area contributed by atoms with Gasteiger partial charge in [-0.3, -0.25) is 4.79 Å². The van der Waals surface area contributed by atoms with Crippen LogP contribution in [0.15, 0.2) is 11.8 Å². The fourth-order valence-electron chi connectivity index (χ4n) is 1.40. The Bertz CT molecular complexity index is 194. The molecule has 2 heteroatoms.